The van der Waals surface area contributed by atoms with Gasteiger partial charge in [0.05, 0.1) is 25.4 Å². The average molecular weight is 929 g/mol. The minimum Gasteiger partial charge on any atom is -0.466 e. The Hall–Kier alpha value is -1.92. The summed E-state index contributed by atoms with van der Waals surface area (Å²) in [5, 5.41) is 23.3. The van der Waals surface area contributed by atoms with Gasteiger partial charge in [0, 0.05) is 12.8 Å². The van der Waals surface area contributed by atoms with Crippen LogP contribution in [0.3, 0.4) is 0 Å². The van der Waals surface area contributed by atoms with Gasteiger partial charge in [-0.05, 0) is 83.5 Å². The molecule has 0 saturated carbocycles. The molecule has 0 fully saturated rings. The van der Waals surface area contributed by atoms with E-state index >= 15 is 0 Å². The second kappa shape index (κ2) is 55.7. The normalized spacial score (nSPS) is 12.8. The standard InChI is InChI=1S/C60H113NO5/c1-3-5-7-9-11-13-15-17-19-20-21-22-25-28-32-36-40-44-48-52-58(63)57(56-62)61-59(64)53-49-45-41-37-33-29-26-23-27-31-35-39-43-47-51-55-66-60(65)54-50-46-42-38-34-30-24-18-16-14-12-10-8-6-4-2/h12,14,18,24,27,31,57-58,62-63H,3-11,13,15-17,19-23,25-26,28-30,32-56H2,1-2H3,(H,61,64)/b14-12-,24-18-,31-27-. The van der Waals surface area contributed by atoms with Crippen molar-refractivity contribution in [3.05, 3.63) is 36.5 Å². The van der Waals surface area contributed by atoms with Crippen LogP contribution in [-0.4, -0.2) is 47.4 Å². The van der Waals surface area contributed by atoms with Crippen molar-refractivity contribution >= 4 is 11.9 Å². The summed E-state index contributed by atoms with van der Waals surface area (Å²) in [5.41, 5.74) is 0. The Balaban J connectivity index is 3.48. The molecule has 0 bridgehead atoms. The highest BCUT2D eigenvalue weighted by Gasteiger charge is 2.20. The lowest BCUT2D eigenvalue weighted by molar-refractivity contribution is -0.143. The van der Waals surface area contributed by atoms with Crippen molar-refractivity contribution in [1.82, 2.24) is 5.32 Å². The number of nitrogens with one attached hydrogen (secondary N) is 1. The van der Waals surface area contributed by atoms with Crippen molar-refractivity contribution in [2.24, 2.45) is 0 Å². The predicted molar refractivity (Wildman–Crippen MR) is 287 cm³/mol. The van der Waals surface area contributed by atoms with E-state index in [4.69, 9.17) is 4.74 Å². The number of unbranched alkanes of at least 4 members (excludes halogenated alkanes) is 37. The van der Waals surface area contributed by atoms with Gasteiger partial charge in [0.15, 0.2) is 0 Å². The minimum atomic E-state index is -0.676. The molecule has 3 N–H and O–H groups in total. The van der Waals surface area contributed by atoms with E-state index in [1.807, 2.05) is 0 Å². The van der Waals surface area contributed by atoms with Gasteiger partial charge >= 0.3 is 5.97 Å². The lowest BCUT2D eigenvalue weighted by atomic mass is 10.0. The van der Waals surface area contributed by atoms with Crippen molar-refractivity contribution in [1.29, 1.82) is 0 Å². The number of rotatable bonds is 54. The fraction of sp³-hybridized carbons (Fsp3) is 0.867. The molecule has 0 rings (SSSR count). The number of esters is 1. The van der Waals surface area contributed by atoms with Crippen LogP contribution in [0.4, 0.5) is 0 Å². The van der Waals surface area contributed by atoms with E-state index in [1.165, 1.54) is 193 Å². The quantitative estimate of drug-likeness (QED) is 0.0321. The second-order valence-electron chi connectivity index (χ2n) is 20.0. The van der Waals surface area contributed by atoms with Gasteiger partial charge in [-0.1, -0.05) is 249 Å². The summed E-state index contributed by atoms with van der Waals surface area (Å²) in [6, 6.07) is -0.554. The van der Waals surface area contributed by atoms with Gasteiger partial charge in [0.2, 0.25) is 5.91 Å². The number of carbonyl (C=O) groups is 2. The number of hydrogen-bond donors (Lipinski definition) is 3. The number of aliphatic hydroxyl groups excluding tert-OH is 2. The highest BCUT2D eigenvalue weighted by Crippen LogP contribution is 2.17. The molecular formula is C60H113NO5. The third-order valence-corrected chi connectivity index (χ3v) is 13.4. The first-order valence-electron chi connectivity index (χ1n) is 29.2. The first-order chi connectivity index (χ1) is 32.5. The topological polar surface area (TPSA) is 95.9 Å². The Kier molecular flexibility index (Phi) is 54.1. The molecule has 6 heteroatoms. The third-order valence-electron chi connectivity index (χ3n) is 13.4. The van der Waals surface area contributed by atoms with Crippen LogP contribution in [0.5, 0.6) is 0 Å². The molecule has 0 radical (unpaired) electrons. The third kappa shape index (κ3) is 51.5. The van der Waals surface area contributed by atoms with Crippen molar-refractivity contribution in [3.63, 3.8) is 0 Å². The van der Waals surface area contributed by atoms with Crippen LogP contribution in [-0.2, 0) is 14.3 Å². The van der Waals surface area contributed by atoms with E-state index in [1.54, 1.807) is 0 Å². The fourth-order valence-electron chi connectivity index (χ4n) is 8.90. The summed E-state index contributed by atoms with van der Waals surface area (Å²) in [6.07, 6.45) is 68.4. The van der Waals surface area contributed by atoms with Crippen molar-refractivity contribution < 1.29 is 24.5 Å². The molecule has 0 aliphatic carbocycles. The molecule has 6 nitrogen and oxygen atoms in total. The van der Waals surface area contributed by atoms with Crippen LogP contribution in [0.25, 0.3) is 0 Å². The van der Waals surface area contributed by atoms with E-state index in [-0.39, 0.29) is 18.5 Å². The number of ether oxygens (including phenoxy) is 1. The molecule has 2 atom stereocenters. The molecule has 0 aliphatic heterocycles. The zero-order valence-electron chi connectivity index (χ0n) is 44.2. The van der Waals surface area contributed by atoms with Gasteiger partial charge in [-0.2, -0.15) is 0 Å². The van der Waals surface area contributed by atoms with Gasteiger partial charge in [-0.15, -0.1) is 0 Å². The maximum absolute atomic E-state index is 12.5. The summed E-state index contributed by atoms with van der Waals surface area (Å²) >= 11 is 0. The highest BCUT2D eigenvalue weighted by atomic mass is 16.5. The van der Waals surface area contributed by atoms with Gasteiger partial charge in [-0.3, -0.25) is 9.59 Å². The van der Waals surface area contributed by atoms with Crippen molar-refractivity contribution in [2.45, 2.75) is 321 Å². The maximum Gasteiger partial charge on any atom is 0.305 e. The van der Waals surface area contributed by atoms with Crippen molar-refractivity contribution in [2.75, 3.05) is 13.2 Å². The van der Waals surface area contributed by atoms with E-state index < -0.39 is 12.1 Å². The molecule has 0 heterocycles. The lowest BCUT2D eigenvalue weighted by Crippen LogP contribution is -2.45. The van der Waals surface area contributed by atoms with Gasteiger partial charge < -0.3 is 20.3 Å². The summed E-state index contributed by atoms with van der Waals surface area (Å²) < 4.78 is 5.45. The Morgan fingerprint density at radius 3 is 1.20 bits per heavy atom. The predicted octanol–water partition coefficient (Wildman–Crippen LogP) is 18.0. The Morgan fingerprint density at radius 2 is 0.758 bits per heavy atom. The van der Waals surface area contributed by atoms with E-state index in [2.05, 4.69) is 55.6 Å². The molecule has 0 aromatic carbocycles. The summed E-state index contributed by atoms with van der Waals surface area (Å²) in [6.45, 7) is 4.90. The second-order valence-corrected chi connectivity index (χ2v) is 20.0. The largest absolute Gasteiger partial charge is 0.466 e. The summed E-state index contributed by atoms with van der Waals surface area (Å²) in [4.78, 5) is 24.5. The van der Waals surface area contributed by atoms with Crippen LogP contribution in [0.2, 0.25) is 0 Å². The van der Waals surface area contributed by atoms with E-state index in [0.717, 1.165) is 83.5 Å². The fourth-order valence-corrected chi connectivity index (χ4v) is 8.90. The van der Waals surface area contributed by atoms with Gasteiger partial charge in [-0.25, -0.2) is 0 Å². The summed E-state index contributed by atoms with van der Waals surface area (Å²) in [7, 11) is 0. The molecule has 0 saturated heterocycles. The van der Waals surface area contributed by atoms with Crippen LogP contribution in [0.15, 0.2) is 36.5 Å². The highest BCUT2D eigenvalue weighted by molar-refractivity contribution is 5.76. The number of aliphatic hydroxyl groups is 2. The van der Waals surface area contributed by atoms with E-state index in [0.29, 0.717) is 25.9 Å². The van der Waals surface area contributed by atoms with Gasteiger partial charge in [0.25, 0.3) is 0 Å². The zero-order chi connectivity index (χ0) is 47.9. The first kappa shape index (κ1) is 64.1. The molecule has 0 spiro atoms. The smallest absolute Gasteiger partial charge is 0.305 e. The molecule has 0 aliphatic rings. The van der Waals surface area contributed by atoms with Crippen LogP contribution in [0, 0.1) is 0 Å². The summed E-state index contributed by atoms with van der Waals surface area (Å²) in [5.74, 6) is -0.0729. The monoisotopic (exact) mass is 928 g/mol. The molecular weight excluding hydrogens is 815 g/mol. The van der Waals surface area contributed by atoms with Crippen molar-refractivity contribution in [3.8, 4) is 0 Å². The molecule has 0 aromatic rings. The molecule has 388 valence electrons. The van der Waals surface area contributed by atoms with Crippen LogP contribution in [0.1, 0.15) is 309 Å². The molecule has 2 unspecified atom stereocenters. The van der Waals surface area contributed by atoms with E-state index in [9.17, 15) is 19.8 Å². The molecule has 66 heavy (non-hydrogen) atoms. The number of allylic oxidation sites excluding steroid dienone is 6. The van der Waals surface area contributed by atoms with Gasteiger partial charge in [0.1, 0.15) is 0 Å². The number of amides is 1. The van der Waals surface area contributed by atoms with Crippen LogP contribution >= 0.6 is 0 Å². The molecule has 0 aromatic heterocycles. The Morgan fingerprint density at radius 1 is 0.424 bits per heavy atom. The molecule has 1 amide bonds. The number of hydrogen-bond acceptors (Lipinski definition) is 5. The average Bonchev–Trinajstić information content (AvgIpc) is 3.32. The Bertz CT molecular complexity index is 1070. The maximum atomic E-state index is 12.5. The number of carbonyl (C=O) groups excluding carboxylic acids is 2. The SMILES string of the molecule is CCCCC/C=C\C/C=C\CCCCCCCC(=O)OCCCCCC/C=C\CCCCCCCCCC(=O)NC(CO)C(O)CCCCCCCCCCCCCCCCCCCCC. The van der Waals surface area contributed by atoms with Crippen LogP contribution < -0.4 is 5.32 Å². The lowest BCUT2D eigenvalue weighted by Gasteiger charge is -2.22. The minimum absolute atomic E-state index is 0.0239. The first-order valence-corrected chi connectivity index (χ1v) is 29.2. The zero-order valence-corrected chi connectivity index (χ0v) is 44.2. The Labute approximate surface area is 411 Å².